The Bertz CT molecular complexity index is 549. The fraction of sp³-hybridized carbons (Fsp3) is 0.625. The minimum Gasteiger partial charge on any atom is -0.376 e. The molecule has 1 rings (SSSR count). The molecule has 1 N–H and O–H groups in total. The molecule has 0 fully saturated rings. The molecule has 0 aromatic heterocycles. The van der Waals surface area contributed by atoms with E-state index in [9.17, 15) is 8.42 Å². The summed E-state index contributed by atoms with van der Waals surface area (Å²) in [4.78, 5) is 0. The molecule has 0 amide bonds. The maximum Gasteiger partial charge on any atom is 0.264 e. The van der Waals surface area contributed by atoms with Gasteiger partial charge in [0.05, 0.1) is 11.9 Å². The number of hydrogen-bond donors (Lipinski definition) is 1. The third-order valence-corrected chi connectivity index (χ3v) is 4.57. The van der Waals surface area contributed by atoms with Gasteiger partial charge in [-0.1, -0.05) is 50.1 Å². The lowest BCUT2D eigenvalue weighted by molar-refractivity contribution is -0.000795. The lowest BCUT2D eigenvalue weighted by Gasteiger charge is -2.34. The van der Waals surface area contributed by atoms with Gasteiger partial charge in [0.15, 0.2) is 0 Å². The van der Waals surface area contributed by atoms with Crippen molar-refractivity contribution in [3.8, 4) is 0 Å². The summed E-state index contributed by atoms with van der Waals surface area (Å²) in [5, 5.41) is 0. The summed E-state index contributed by atoms with van der Waals surface area (Å²) in [6.45, 7) is 6.29. The molecule has 0 heterocycles. The highest BCUT2D eigenvalue weighted by Gasteiger charge is 2.30. The maximum absolute atomic E-state index is 10.7. The minimum atomic E-state index is -3.86. The van der Waals surface area contributed by atoms with E-state index in [2.05, 4.69) is 39.0 Å². The van der Waals surface area contributed by atoms with Crippen molar-refractivity contribution in [2.75, 3.05) is 12.9 Å². The van der Waals surface area contributed by atoms with Crippen molar-refractivity contribution < 1.29 is 17.7 Å². The number of ether oxygens (including phenoxy) is 1. The lowest BCUT2D eigenvalue weighted by atomic mass is 9.78. The molecule has 0 saturated carbocycles. The summed E-state index contributed by atoms with van der Waals surface area (Å²) in [5.74, 6) is -0.175. The number of unbranched alkanes of at least 4 members (excludes halogenated alkanes) is 1. The molecule has 1 aromatic rings. The molecular formula is C16H26O4S. The second kappa shape index (κ2) is 7.38. The van der Waals surface area contributed by atoms with Crippen LogP contribution in [0.5, 0.6) is 0 Å². The van der Waals surface area contributed by atoms with E-state index < -0.39 is 10.1 Å². The Morgan fingerprint density at radius 1 is 1.29 bits per heavy atom. The van der Waals surface area contributed by atoms with Crippen molar-refractivity contribution in [2.24, 2.45) is 5.41 Å². The molecule has 1 atom stereocenters. The van der Waals surface area contributed by atoms with Gasteiger partial charge in [0.2, 0.25) is 0 Å². The van der Waals surface area contributed by atoms with E-state index >= 15 is 0 Å². The normalized spacial score (nSPS) is 14.1. The van der Waals surface area contributed by atoms with Crippen LogP contribution in [0.4, 0.5) is 0 Å². The van der Waals surface area contributed by atoms with Crippen LogP contribution < -0.4 is 0 Å². The van der Waals surface area contributed by atoms with Crippen LogP contribution in [0.2, 0.25) is 0 Å². The molecule has 120 valence electrons. The predicted octanol–water partition coefficient (Wildman–Crippen LogP) is 3.77. The van der Waals surface area contributed by atoms with Crippen LogP contribution in [-0.4, -0.2) is 25.8 Å². The van der Waals surface area contributed by atoms with Gasteiger partial charge in [-0.3, -0.25) is 4.55 Å². The third kappa shape index (κ3) is 6.16. The number of hydrogen-bond acceptors (Lipinski definition) is 3. The first-order chi connectivity index (χ1) is 9.65. The summed E-state index contributed by atoms with van der Waals surface area (Å²) in [6, 6.07) is 8.25. The molecule has 0 aliphatic carbocycles. The van der Waals surface area contributed by atoms with Gasteiger partial charge in [-0.25, -0.2) is 0 Å². The summed E-state index contributed by atoms with van der Waals surface area (Å²) in [5.41, 5.74) is 2.22. The highest BCUT2D eigenvalue weighted by molar-refractivity contribution is 7.85. The first-order valence-electron chi connectivity index (χ1n) is 7.20. The number of benzene rings is 1. The van der Waals surface area contributed by atoms with E-state index in [0.717, 1.165) is 18.4 Å². The Hall–Kier alpha value is -0.910. The third-order valence-electron chi connectivity index (χ3n) is 3.76. The Morgan fingerprint density at radius 2 is 1.95 bits per heavy atom. The van der Waals surface area contributed by atoms with Crippen molar-refractivity contribution in [3.63, 3.8) is 0 Å². The predicted molar refractivity (Wildman–Crippen MR) is 85.0 cm³/mol. The smallest absolute Gasteiger partial charge is 0.264 e. The molecule has 0 saturated heterocycles. The SMILES string of the molecule is COC(c1cccc(C)c1)C(C)(C)CCCCS(=O)(=O)O. The van der Waals surface area contributed by atoms with Crippen LogP contribution in [0.3, 0.4) is 0 Å². The van der Waals surface area contributed by atoms with Crippen LogP contribution in [0, 0.1) is 12.3 Å². The molecule has 0 aliphatic heterocycles. The van der Waals surface area contributed by atoms with Gasteiger partial charge >= 0.3 is 0 Å². The maximum atomic E-state index is 10.7. The molecular weight excluding hydrogens is 288 g/mol. The highest BCUT2D eigenvalue weighted by atomic mass is 32.2. The van der Waals surface area contributed by atoms with Gasteiger partial charge < -0.3 is 4.74 Å². The quantitative estimate of drug-likeness (QED) is 0.586. The Balaban J connectivity index is 2.69. The van der Waals surface area contributed by atoms with Gasteiger partial charge in [0, 0.05) is 7.11 Å². The lowest BCUT2D eigenvalue weighted by Crippen LogP contribution is -2.24. The largest absolute Gasteiger partial charge is 0.376 e. The van der Waals surface area contributed by atoms with Crippen LogP contribution >= 0.6 is 0 Å². The fourth-order valence-corrected chi connectivity index (χ4v) is 3.30. The number of rotatable bonds is 8. The van der Waals surface area contributed by atoms with Crippen molar-refractivity contribution >= 4 is 10.1 Å². The number of aryl methyl sites for hydroxylation is 1. The molecule has 0 bridgehead atoms. The Labute approximate surface area is 128 Å². The van der Waals surface area contributed by atoms with Gasteiger partial charge in [0.1, 0.15) is 0 Å². The average molecular weight is 314 g/mol. The molecule has 21 heavy (non-hydrogen) atoms. The van der Waals surface area contributed by atoms with Gasteiger partial charge in [-0.2, -0.15) is 8.42 Å². The molecule has 0 spiro atoms. The van der Waals surface area contributed by atoms with E-state index in [1.54, 1.807) is 7.11 Å². The summed E-state index contributed by atoms with van der Waals surface area (Å²) in [6.07, 6.45) is 1.99. The highest BCUT2D eigenvalue weighted by Crippen LogP contribution is 2.40. The molecule has 5 heteroatoms. The zero-order valence-electron chi connectivity index (χ0n) is 13.3. The van der Waals surface area contributed by atoms with E-state index in [1.165, 1.54) is 5.56 Å². The zero-order valence-corrected chi connectivity index (χ0v) is 14.1. The van der Waals surface area contributed by atoms with Crippen LogP contribution in [0.15, 0.2) is 24.3 Å². The van der Waals surface area contributed by atoms with Crippen LogP contribution in [0.25, 0.3) is 0 Å². The topological polar surface area (TPSA) is 63.6 Å². The van der Waals surface area contributed by atoms with Crippen molar-refractivity contribution in [1.29, 1.82) is 0 Å². The van der Waals surface area contributed by atoms with Crippen molar-refractivity contribution in [1.82, 2.24) is 0 Å². The molecule has 0 radical (unpaired) electrons. The second-order valence-corrected chi connectivity index (χ2v) is 7.83. The molecule has 1 aromatic carbocycles. The van der Waals surface area contributed by atoms with E-state index in [0.29, 0.717) is 6.42 Å². The minimum absolute atomic E-state index is 0.0388. The summed E-state index contributed by atoms with van der Waals surface area (Å²) in [7, 11) is -2.16. The average Bonchev–Trinajstić information content (AvgIpc) is 2.34. The van der Waals surface area contributed by atoms with Gasteiger partial charge in [-0.05, 0) is 30.7 Å². The molecule has 1 unspecified atom stereocenters. The Morgan fingerprint density at radius 3 is 2.48 bits per heavy atom. The monoisotopic (exact) mass is 314 g/mol. The van der Waals surface area contributed by atoms with Gasteiger partial charge in [0.25, 0.3) is 10.1 Å². The van der Waals surface area contributed by atoms with Crippen LogP contribution in [0.1, 0.15) is 50.3 Å². The standard InChI is InChI=1S/C16H26O4S/c1-13-8-7-9-14(12-13)15(20-4)16(2,3)10-5-6-11-21(17,18)19/h7-9,12,15H,5-6,10-11H2,1-4H3,(H,17,18,19). The molecule has 0 aliphatic rings. The van der Waals surface area contributed by atoms with E-state index in [4.69, 9.17) is 9.29 Å². The second-order valence-electron chi connectivity index (χ2n) is 6.26. The first kappa shape index (κ1) is 18.1. The van der Waals surface area contributed by atoms with Gasteiger partial charge in [-0.15, -0.1) is 0 Å². The Kier molecular flexibility index (Phi) is 6.38. The summed E-state index contributed by atoms with van der Waals surface area (Å²) >= 11 is 0. The fourth-order valence-electron chi connectivity index (χ4n) is 2.74. The molecule has 4 nitrogen and oxygen atoms in total. The zero-order chi connectivity index (χ0) is 16.1. The van der Waals surface area contributed by atoms with Crippen molar-refractivity contribution in [3.05, 3.63) is 35.4 Å². The van der Waals surface area contributed by atoms with E-state index in [-0.39, 0.29) is 17.3 Å². The summed E-state index contributed by atoms with van der Waals surface area (Å²) < 4.78 is 35.9. The van der Waals surface area contributed by atoms with E-state index in [1.807, 2.05) is 6.07 Å². The van der Waals surface area contributed by atoms with Crippen molar-refractivity contribution in [2.45, 2.75) is 46.1 Å². The first-order valence-corrected chi connectivity index (χ1v) is 8.81. The number of methoxy groups -OCH3 is 1. The van der Waals surface area contributed by atoms with Crippen LogP contribution in [-0.2, 0) is 14.9 Å².